The first-order valence-electron chi connectivity index (χ1n) is 16.6. The molecule has 49 heavy (non-hydrogen) atoms. The second-order valence-corrected chi connectivity index (χ2v) is 12.5. The van der Waals surface area contributed by atoms with Gasteiger partial charge in [-0.2, -0.15) is 0 Å². The van der Waals surface area contributed by atoms with Crippen LogP contribution in [0.1, 0.15) is 0 Å². The second kappa shape index (κ2) is 11.0. The van der Waals surface area contributed by atoms with E-state index in [4.69, 9.17) is 8.83 Å². The molecule has 0 aliphatic heterocycles. The molecule has 0 spiro atoms. The largest absolute Gasteiger partial charge is 0.456 e. The Hall–Kier alpha value is -6.58. The lowest BCUT2D eigenvalue weighted by molar-refractivity contribution is 0.668. The van der Waals surface area contributed by atoms with E-state index in [1.807, 2.05) is 24.3 Å². The van der Waals surface area contributed by atoms with Gasteiger partial charge in [0.1, 0.15) is 16.7 Å². The zero-order valence-electron chi connectivity index (χ0n) is 26.5. The summed E-state index contributed by atoms with van der Waals surface area (Å²) in [7, 11) is 0. The van der Waals surface area contributed by atoms with Crippen LogP contribution in [0.2, 0.25) is 0 Å². The van der Waals surface area contributed by atoms with E-state index >= 15 is 0 Å². The second-order valence-electron chi connectivity index (χ2n) is 12.5. The molecular formula is C46H29NO2. The summed E-state index contributed by atoms with van der Waals surface area (Å²) in [6.07, 6.45) is 0. The van der Waals surface area contributed by atoms with E-state index in [-0.39, 0.29) is 0 Å². The number of rotatable bonds is 5. The van der Waals surface area contributed by atoms with Crippen molar-refractivity contribution in [2.24, 2.45) is 0 Å². The highest BCUT2D eigenvalue weighted by Crippen LogP contribution is 2.48. The fourth-order valence-electron chi connectivity index (χ4n) is 7.38. The minimum absolute atomic E-state index is 0.856. The molecule has 3 heteroatoms. The smallest absolute Gasteiger partial charge is 0.160 e. The topological polar surface area (TPSA) is 29.5 Å². The molecule has 0 unspecified atom stereocenters. The zero-order chi connectivity index (χ0) is 32.3. The normalized spacial score (nSPS) is 11.7. The summed E-state index contributed by atoms with van der Waals surface area (Å²) in [5, 5.41) is 6.83. The molecule has 2 aromatic heterocycles. The summed E-state index contributed by atoms with van der Waals surface area (Å²) in [5.74, 6) is 0. The molecule has 8 aromatic carbocycles. The van der Waals surface area contributed by atoms with Crippen molar-refractivity contribution in [3.63, 3.8) is 0 Å². The molecule has 0 fully saturated rings. The Morgan fingerprint density at radius 3 is 1.86 bits per heavy atom. The Kier molecular flexibility index (Phi) is 6.18. The minimum Gasteiger partial charge on any atom is -0.456 e. The molecule has 230 valence electrons. The number of furan rings is 2. The molecule has 3 nitrogen and oxygen atoms in total. The Balaban J connectivity index is 1.23. The van der Waals surface area contributed by atoms with Crippen molar-refractivity contribution in [1.82, 2.24) is 0 Å². The van der Waals surface area contributed by atoms with Crippen LogP contribution < -0.4 is 4.90 Å². The highest BCUT2D eigenvalue weighted by atomic mass is 16.3. The molecular weight excluding hydrogens is 599 g/mol. The Morgan fingerprint density at radius 2 is 1.02 bits per heavy atom. The maximum Gasteiger partial charge on any atom is 0.160 e. The van der Waals surface area contributed by atoms with Crippen LogP contribution in [0.15, 0.2) is 185 Å². The van der Waals surface area contributed by atoms with Crippen LogP contribution >= 0.6 is 0 Å². The number of para-hydroxylation sites is 2. The average Bonchev–Trinajstić information content (AvgIpc) is 3.74. The molecule has 0 amide bonds. The maximum atomic E-state index is 6.78. The third-order valence-corrected chi connectivity index (χ3v) is 9.66. The summed E-state index contributed by atoms with van der Waals surface area (Å²) in [4.78, 5) is 2.36. The van der Waals surface area contributed by atoms with Gasteiger partial charge in [0.25, 0.3) is 0 Å². The van der Waals surface area contributed by atoms with E-state index in [1.54, 1.807) is 0 Å². The van der Waals surface area contributed by atoms with Gasteiger partial charge < -0.3 is 13.7 Å². The van der Waals surface area contributed by atoms with Crippen molar-refractivity contribution in [2.45, 2.75) is 0 Å². The van der Waals surface area contributed by atoms with Crippen molar-refractivity contribution in [3.05, 3.63) is 176 Å². The number of hydrogen-bond acceptors (Lipinski definition) is 3. The van der Waals surface area contributed by atoms with Crippen LogP contribution in [0, 0.1) is 0 Å². The van der Waals surface area contributed by atoms with Crippen molar-refractivity contribution in [2.75, 3.05) is 4.90 Å². The maximum absolute atomic E-state index is 6.78. The van der Waals surface area contributed by atoms with Crippen molar-refractivity contribution in [1.29, 1.82) is 0 Å². The zero-order valence-corrected chi connectivity index (χ0v) is 26.5. The predicted molar refractivity (Wildman–Crippen MR) is 204 cm³/mol. The van der Waals surface area contributed by atoms with Crippen LogP contribution in [0.5, 0.6) is 0 Å². The fraction of sp³-hybridized carbons (Fsp3) is 0. The molecule has 2 heterocycles. The van der Waals surface area contributed by atoms with Crippen LogP contribution in [0.25, 0.3) is 76.9 Å². The van der Waals surface area contributed by atoms with Gasteiger partial charge in [-0.3, -0.25) is 0 Å². The standard InChI is InChI=1S/C46H29NO2/c1-2-12-31(13-3-1)37-27-28-39-38-15-6-8-18-41(38)49-46(39)45(37)47(35-26-21-30-11-4-5-14-33(30)29-35)34-24-22-32(23-25-34)36-17-10-20-43-44(36)40-16-7-9-19-42(40)48-43/h1-29H. The SMILES string of the molecule is c1ccc(-c2ccc3c(oc4ccccc43)c2N(c2ccc(-c3cccc4oc5ccccc5c34)cc2)c2ccc3ccccc3c2)cc1. The Labute approximate surface area is 282 Å². The van der Waals surface area contributed by atoms with Gasteiger partial charge in [-0.15, -0.1) is 0 Å². The lowest BCUT2D eigenvalue weighted by atomic mass is 9.97. The van der Waals surface area contributed by atoms with E-state index in [9.17, 15) is 0 Å². The van der Waals surface area contributed by atoms with Gasteiger partial charge in [-0.1, -0.05) is 127 Å². The van der Waals surface area contributed by atoms with E-state index < -0.39 is 0 Å². The lowest BCUT2D eigenvalue weighted by Gasteiger charge is -2.28. The van der Waals surface area contributed by atoms with Crippen LogP contribution in [-0.4, -0.2) is 0 Å². The molecule has 0 aliphatic carbocycles. The molecule has 0 saturated heterocycles. The molecule has 0 aliphatic rings. The molecule has 0 atom stereocenters. The summed E-state index contributed by atoms with van der Waals surface area (Å²) in [5.41, 5.74) is 11.1. The first-order chi connectivity index (χ1) is 24.3. The summed E-state index contributed by atoms with van der Waals surface area (Å²) in [6.45, 7) is 0. The highest BCUT2D eigenvalue weighted by molar-refractivity contribution is 6.15. The van der Waals surface area contributed by atoms with Gasteiger partial charge in [0.15, 0.2) is 5.58 Å². The molecule has 0 saturated carbocycles. The Bertz CT molecular complexity index is 2830. The number of hydrogen-bond donors (Lipinski definition) is 0. The van der Waals surface area contributed by atoms with Gasteiger partial charge in [0, 0.05) is 38.5 Å². The van der Waals surface area contributed by atoms with Crippen LogP contribution in [-0.2, 0) is 0 Å². The Morgan fingerprint density at radius 1 is 0.367 bits per heavy atom. The van der Waals surface area contributed by atoms with Gasteiger partial charge in [-0.25, -0.2) is 0 Å². The number of benzene rings is 8. The summed E-state index contributed by atoms with van der Waals surface area (Å²) >= 11 is 0. The number of anilines is 3. The third-order valence-electron chi connectivity index (χ3n) is 9.66. The molecule has 0 radical (unpaired) electrons. The molecule has 10 rings (SSSR count). The van der Waals surface area contributed by atoms with Crippen molar-refractivity contribution >= 4 is 71.7 Å². The van der Waals surface area contributed by atoms with Gasteiger partial charge in [0.05, 0.1) is 5.69 Å². The van der Waals surface area contributed by atoms with Gasteiger partial charge >= 0.3 is 0 Å². The van der Waals surface area contributed by atoms with Crippen LogP contribution in [0.4, 0.5) is 17.1 Å². The molecule has 10 aromatic rings. The highest BCUT2D eigenvalue weighted by Gasteiger charge is 2.24. The van der Waals surface area contributed by atoms with Crippen molar-refractivity contribution in [3.8, 4) is 22.3 Å². The summed E-state index contributed by atoms with van der Waals surface area (Å²) in [6, 6.07) is 62.0. The first-order valence-corrected chi connectivity index (χ1v) is 16.6. The predicted octanol–water partition coefficient (Wildman–Crippen LogP) is 13.4. The van der Waals surface area contributed by atoms with E-state index in [0.29, 0.717) is 0 Å². The third kappa shape index (κ3) is 4.44. The lowest BCUT2D eigenvalue weighted by Crippen LogP contribution is -2.11. The van der Waals surface area contributed by atoms with Gasteiger partial charge in [0.2, 0.25) is 0 Å². The summed E-state index contributed by atoms with van der Waals surface area (Å²) < 4.78 is 13.0. The fourth-order valence-corrected chi connectivity index (χ4v) is 7.38. The van der Waals surface area contributed by atoms with E-state index in [1.165, 1.54) is 10.8 Å². The van der Waals surface area contributed by atoms with Gasteiger partial charge in [-0.05, 0) is 76.0 Å². The average molecular weight is 628 g/mol. The quantitative estimate of drug-likeness (QED) is 0.190. The molecule has 0 bridgehead atoms. The first kappa shape index (κ1) is 27.5. The monoisotopic (exact) mass is 627 g/mol. The number of fused-ring (bicyclic) bond motifs is 7. The van der Waals surface area contributed by atoms with Crippen molar-refractivity contribution < 1.29 is 8.83 Å². The van der Waals surface area contributed by atoms with E-state index in [0.717, 1.165) is 83.2 Å². The van der Waals surface area contributed by atoms with E-state index in [2.05, 4.69) is 157 Å². The van der Waals surface area contributed by atoms with Crippen LogP contribution in [0.3, 0.4) is 0 Å². The minimum atomic E-state index is 0.856. The molecule has 0 N–H and O–H groups in total. The number of nitrogens with zero attached hydrogens (tertiary/aromatic N) is 1.